The number of hydrogen-bond donors (Lipinski definition) is 1. The summed E-state index contributed by atoms with van der Waals surface area (Å²) in [6, 6.07) is 9.28. The maximum atomic E-state index is 12.4. The van der Waals surface area contributed by atoms with E-state index in [4.69, 9.17) is 4.52 Å². The second-order valence-corrected chi connectivity index (χ2v) is 6.45. The zero-order chi connectivity index (χ0) is 18.5. The lowest BCUT2D eigenvalue weighted by atomic mass is 10.2. The van der Waals surface area contributed by atoms with Crippen LogP contribution in [0.2, 0.25) is 0 Å². The highest BCUT2D eigenvalue weighted by Gasteiger charge is 2.19. The summed E-state index contributed by atoms with van der Waals surface area (Å²) in [5, 5.41) is 6.89. The summed E-state index contributed by atoms with van der Waals surface area (Å²) in [5.74, 6) is 2.16. The predicted octanol–water partition coefficient (Wildman–Crippen LogP) is 2.98. The van der Waals surface area contributed by atoms with Crippen molar-refractivity contribution in [3.05, 3.63) is 54.4 Å². The van der Waals surface area contributed by atoms with E-state index in [9.17, 15) is 4.79 Å². The van der Waals surface area contributed by atoms with Crippen molar-refractivity contribution in [2.45, 2.75) is 39.2 Å². The summed E-state index contributed by atoms with van der Waals surface area (Å²) in [5.41, 5.74) is 0.880. The van der Waals surface area contributed by atoms with Gasteiger partial charge in [0.05, 0.1) is 0 Å². The molecule has 3 rings (SSSR count). The van der Waals surface area contributed by atoms with Gasteiger partial charge in [-0.3, -0.25) is 4.79 Å². The molecule has 1 amide bonds. The molecule has 1 N–H and O–H groups in total. The molecule has 0 aliphatic heterocycles. The third-order valence-corrected chi connectivity index (χ3v) is 4.15. The monoisotopic (exact) mass is 353 g/mol. The number of carbonyl (C=O) groups excluding carboxylic acids is 1. The van der Waals surface area contributed by atoms with Crippen LogP contribution in [0.25, 0.3) is 11.5 Å². The molecule has 0 aliphatic carbocycles. The van der Waals surface area contributed by atoms with Crippen molar-refractivity contribution in [3.63, 3.8) is 0 Å². The minimum Gasteiger partial charge on any atom is -0.354 e. The Morgan fingerprint density at radius 3 is 2.73 bits per heavy atom. The van der Waals surface area contributed by atoms with Crippen LogP contribution in [0, 0.1) is 0 Å². The molecule has 7 heteroatoms. The molecule has 1 atom stereocenters. The third kappa shape index (κ3) is 3.99. The molecule has 0 aliphatic rings. The van der Waals surface area contributed by atoms with Crippen LogP contribution in [0.15, 0.2) is 47.2 Å². The summed E-state index contributed by atoms with van der Waals surface area (Å²) < 4.78 is 7.18. The first-order valence-electron chi connectivity index (χ1n) is 8.74. The van der Waals surface area contributed by atoms with Crippen LogP contribution in [0.3, 0.4) is 0 Å². The van der Waals surface area contributed by atoms with E-state index in [0.29, 0.717) is 24.7 Å². The van der Waals surface area contributed by atoms with Crippen LogP contribution in [0.5, 0.6) is 0 Å². The van der Waals surface area contributed by atoms with Crippen LogP contribution < -0.4 is 5.32 Å². The number of benzene rings is 1. The highest BCUT2D eigenvalue weighted by Crippen LogP contribution is 2.18. The van der Waals surface area contributed by atoms with Gasteiger partial charge in [-0.15, -0.1) is 0 Å². The highest BCUT2D eigenvalue weighted by atomic mass is 16.5. The fourth-order valence-corrected chi connectivity index (χ4v) is 2.72. The molecule has 3 aromatic rings. The fourth-order valence-electron chi connectivity index (χ4n) is 2.72. The molecule has 0 fully saturated rings. The molecule has 0 saturated carbocycles. The first-order chi connectivity index (χ1) is 12.6. The van der Waals surface area contributed by atoms with E-state index in [1.807, 2.05) is 48.0 Å². The Bertz CT molecular complexity index is 854. The summed E-state index contributed by atoms with van der Waals surface area (Å²) in [6.45, 7) is 6.43. The number of hydrogen-bond acceptors (Lipinski definition) is 5. The quantitative estimate of drug-likeness (QED) is 0.706. The summed E-state index contributed by atoms with van der Waals surface area (Å²) in [7, 11) is 0. The van der Waals surface area contributed by atoms with Crippen molar-refractivity contribution in [2.75, 3.05) is 6.54 Å². The van der Waals surface area contributed by atoms with E-state index in [1.54, 1.807) is 6.20 Å². The fraction of sp³-hybridized carbons (Fsp3) is 0.368. The van der Waals surface area contributed by atoms with Gasteiger partial charge in [0.1, 0.15) is 11.9 Å². The Balaban J connectivity index is 1.54. The normalized spacial score (nSPS) is 12.3. The Kier molecular flexibility index (Phi) is 5.46. The second-order valence-electron chi connectivity index (χ2n) is 6.45. The highest BCUT2D eigenvalue weighted by molar-refractivity contribution is 5.79. The molecule has 2 heterocycles. The van der Waals surface area contributed by atoms with E-state index in [-0.39, 0.29) is 17.9 Å². The van der Waals surface area contributed by atoms with Gasteiger partial charge in [0.2, 0.25) is 5.91 Å². The van der Waals surface area contributed by atoms with Gasteiger partial charge >= 0.3 is 0 Å². The van der Waals surface area contributed by atoms with E-state index >= 15 is 0 Å². The number of carbonyl (C=O) groups is 1. The molecule has 26 heavy (non-hydrogen) atoms. The number of amides is 1. The minimum atomic E-state index is -0.319. The van der Waals surface area contributed by atoms with E-state index < -0.39 is 0 Å². The van der Waals surface area contributed by atoms with Gasteiger partial charge < -0.3 is 14.4 Å². The molecule has 0 saturated heterocycles. The van der Waals surface area contributed by atoms with Gasteiger partial charge in [0.25, 0.3) is 5.89 Å². The zero-order valence-electron chi connectivity index (χ0n) is 15.2. The van der Waals surface area contributed by atoms with Crippen LogP contribution in [0.4, 0.5) is 0 Å². The first-order valence-corrected chi connectivity index (χ1v) is 8.74. The number of rotatable bonds is 7. The van der Waals surface area contributed by atoms with Crippen molar-refractivity contribution < 1.29 is 9.32 Å². The lowest BCUT2D eigenvalue weighted by molar-refractivity contribution is -0.123. The molecule has 0 unspecified atom stereocenters. The van der Waals surface area contributed by atoms with Crippen molar-refractivity contribution in [3.8, 4) is 11.5 Å². The molecule has 7 nitrogen and oxygen atoms in total. The Labute approximate surface area is 152 Å². The molecular formula is C19H23N5O2. The van der Waals surface area contributed by atoms with Crippen molar-refractivity contribution >= 4 is 5.91 Å². The molecule has 0 bridgehead atoms. The summed E-state index contributed by atoms with van der Waals surface area (Å²) in [4.78, 5) is 21.1. The standard InChI is InChI=1S/C19H23N5O2/c1-13(2)17-20-11-12-24(17)14(3)18(25)21-10-9-16-22-19(26-23-16)15-7-5-4-6-8-15/h4-8,11-14H,9-10H2,1-3H3,(H,21,25)/t14-/m1/s1. The number of imidazole rings is 1. The second kappa shape index (κ2) is 7.95. The largest absolute Gasteiger partial charge is 0.354 e. The lowest BCUT2D eigenvalue weighted by Crippen LogP contribution is -2.33. The summed E-state index contributed by atoms with van der Waals surface area (Å²) >= 11 is 0. The SMILES string of the molecule is CC(C)c1nccn1[C@H](C)C(=O)NCCc1noc(-c2ccccc2)n1. The average Bonchev–Trinajstić information content (AvgIpc) is 3.31. The van der Waals surface area contributed by atoms with Gasteiger partial charge in [-0.05, 0) is 19.1 Å². The average molecular weight is 353 g/mol. The molecule has 0 spiro atoms. The minimum absolute atomic E-state index is 0.0586. The predicted molar refractivity (Wildman–Crippen MR) is 97.5 cm³/mol. The zero-order valence-corrected chi connectivity index (χ0v) is 15.2. The van der Waals surface area contributed by atoms with Crippen molar-refractivity contribution in [1.29, 1.82) is 0 Å². The number of aromatic nitrogens is 4. The van der Waals surface area contributed by atoms with E-state index in [0.717, 1.165) is 11.4 Å². The summed E-state index contributed by atoms with van der Waals surface area (Å²) in [6.07, 6.45) is 4.07. The molecule has 0 radical (unpaired) electrons. The molecular weight excluding hydrogens is 330 g/mol. The topological polar surface area (TPSA) is 85.8 Å². The molecule has 136 valence electrons. The van der Waals surface area contributed by atoms with Gasteiger partial charge in [0.15, 0.2) is 5.82 Å². The van der Waals surface area contributed by atoms with E-state index in [2.05, 4.69) is 34.3 Å². The van der Waals surface area contributed by atoms with Crippen LogP contribution in [-0.4, -0.2) is 32.1 Å². The van der Waals surface area contributed by atoms with E-state index in [1.165, 1.54) is 0 Å². The Hall–Kier alpha value is -2.96. The molecule has 2 aromatic heterocycles. The lowest BCUT2D eigenvalue weighted by Gasteiger charge is -2.17. The Morgan fingerprint density at radius 1 is 1.23 bits per heavy atom. The van der Waals surface area contributed by atoms with Gasteiger partial charge in [-0.1, -0.05) is 37.2 Å². The van der Waals surface area contributed by atoms with Crippen LogP contribution >= 0.6 is 0 Å². The van der Waals surface area contributed by atoms with Gasteiger partial charge in [-0.25, -0.2) is 4.98 Å². The van der Waals surface area contributed by atoms with Crippen LogP contribution in [0.1, 0.15) is 44.4 Å². The maximum Gasteiger partial charge on any atom is 0.257 e. The smallest absolute Gasteiger partial charge is 0.257 e. The van der Waals surface area contributed by atoms with Gasteiger partial charge in [0, 0.05) is 36.8 Å². The van der Waals surface area contributed by atoms with Gasteiger partial charge in [-0.2, -0.15) is 4.98 Å². The number of nitrogens with zero attached hydrogens (tertiary/aromatic N) is 4. The maximum absolute atomic E-state index is 12.4. The van der Waals surface area contributed by atoms with Crippen molar-refractivity contribution in [1.82, 2.24) is 25.0 Å². The van der Waals surface area contributed by atoms with Crippen LogP contribution in [-0.2, 0) is 11.2 Å². The Morgan fingerprint density at radius 2 is 2.00 bits per heavy atom. The third-order valence-electron chi connectivity index (χ3n) is 4.15. The first kappa shape index (κ1) is 17.8. The van der Waals surface area contributed by atoms with Crippen molar-refractivity contribution in [2.24, 2.45) is 0 Å². The molecule has 1 aromatic carbocycles. The number of nitrogens with one attached hydrogen (secondary N) is 1.